The molecule has 0 bridgehead atoms. The van der Waals surface area contributed by atoms with E-state index in [1.165, 1.54) is 22.3 Å². The topological polar surface area (TPSA) is 29.5 Å². The summed E-state index contributed by atoms with van der Waals surface area (Å²) in [7, 11) is 1.79. The summed E-state index contributed by atoms with van der Waals surface area (Å²) < 4.78 is 5.80. The first-order valence-corrected chi connectivity index (χ1v) is 14.6. The van der Waals surface area contributed by atoms with Gasteiger partial charge in [0.1, 0.15) is 11.5 Å². The lowest BCUT2D eigenvalue weighted by molar-refractivity contribution is 0.380. The molecule has 2 rings (SSSR count). The number of hydrogen-bond donors (Lipinski definition) is 1. The molecule has 0 aliphatic rings. The van der Waals surface area contributed by atoms with E-state index >= 15 is 0 Å². The lowest BCUT2D eigenvalue weighted by Gasteiger charge is -2.32. The molecule has 0 radical (unpaired) electrons. The lowest BCUT2D eigenvalue weighted by atomic mass is 9.75. The molecule has 0 amide bonds. The second kappa shape index (κ2) is 11.1. The van der Waals surface area contributed by atoms with E-state index < -0.39 is 0 Å². The summed E-state index contributed by atoms with van der Waals surface area (Å²) in [6, 6.07) is 9.00. The van der Waals surface area contributed by atoms with Crippen LogP contribution in [0.25, 0.3) is 0 Å². The van der Waals surface area contributed by atoms with Crippen molar-refractivity contribution in [3.63, 3.8) is 0 Å². The van der Waals surface area contributed by atoms with Crippen LogP contribution in [-0.4, -0.2) is 12.2 Å². The third-order valence-electron chi connectivity index (χ3n) is 7.37. The first kappa shape index (κ1) is 35.1. The molecular weight excluding hydrogens is 476 g/mol. The Labute approximate surface area is 243 Å². The zero-order chi connectivity index (χ0) is 31.2. The van der Waals surface area contributed by atoms with Crippen LogP contribution in [0.3, 0.4) is 0 Å². The fraction of sp³-hybridized carbons (Fsp3) is 0.676. The molecule has 0 fully saturated rings. The summed E-state index contributed by atoms with van der Waals surface area (Å²) in [4.78, 5) is 0. The van der Waals surface area contributed by atoms with Gasteiger partial charge in [0.15, 0.2) is 0 Å². The average Bonchev–Trinajstić information content (AvgIpc) is 2.68. The Balaban J connectivity index is 0.000000391. The molecule has 2 nitrogen and oxygen atoms in total. The molecule has 2 aromatic rings. The summed E-state index contributed by atoms with van der Waals surface area (Å²) >= 11 is 0. The van der Waals surface area contributed by atoms with Gasteiger partial charge in [-0.25, -0.2) is 0 Å². The number of aromatic hydroxyl groups is 1. The number of phenolic OH excluding ortho intramolecular Hbond substituents is 1. The predicted molar refractivity (Wildman–Crippen MR) is 173 cm³/mol. The predicted octanol–water partition coefficient (Wildman–Crippen LogP) is 10.9. The molecule has 0 saturated carbocycles. The zero-order valence-corrected chi connectivity index (χ0v) is 29.2. The van der Waals surface area contributed by atoms with Gasteiger partial charge in [0, 0.05) is 11.1 Å². The monoisotopic (exact) mass is 538 g/mol. The molecule has 1 N–H and O–H groups in total. The second-order valence-corrected chi connectivity index (χ2v) is 17.5. The number of methoxy groups -OCH3 is 1. The summed E-state index contributed by atoms with van der Waals surface area (Å²) in [6.45, 7) is 39.9. The summed E-state index contributed by atoms with van der Waals surface area (Å²) in [5.41, 5.74) is 7.66. The fourth-order valence-corrected chi connectivity index (χ4v) is 4.61. The number of rotatable bonds is 1. The van der Waals surface area contributed by atoms with Crippen molar-refractivity contribution in [1.29, 1.82) is 0 Å². The number of phenols is 1. The van der Waals surface area contributed by atoms with Gasteiger partial charge in [-0.1, -0.05) is 149 Å². The van der Waals surface area contributed by atoms with Crippen molar-refractivity contribution in [2.75, 3.05) is 7.11 Å². The Hall–Kier alpha value is -1.96. The van der Waals surface area contributed by atoms with Crippen LogP contribution in [0.4, 0.5) is 0 Å². The molecule has 0 aliphatic heterocycles. The first-order valence-electron chi connectivity index (χ1n) is 14.6. The van der Waals surface area contributed by atoms with Gasteiger partial charge in [-0.05, 0) is 54.7 Å². The van der Waals surface area contributed by atoms with Crippen molar-refractivity contribution in [3.05, 3.63) is 57.6 Å². The van der Waals surface area contributed by atoms with E-state index in [4.69, 9.17) is 4.74 Å². The van der Waals surface area contributed by atoms with Gasteiger partial charge >= 0.3 is 0 Å². The van der Waals surface area contributed by atoms with Crippen LogP contribution < -0.4 is 4.74 Å². The van der Waals surface area contributed by atoms with Crippen molar-refractivity contribution in [2.24, 2.45) is 0 Å². The maximum absolute atomic E-state index is 10.7. The number of hydrogen-bond acceptors (Lipinski definition) is 2. The molecular formula is C37H62O2. The molecule has 0 heterocycles. The van der Waals surface area contributed by atoms with Gasteiger partial charge in [0.05, 0.1) is 7.11 Å². The Morgan fingerprint density at radius 1 is 0.410 bits per heavy atom. The number of benzene rings is 2. The summed E-state index contributed by atoms with van der Waals surface area (Å²) in [5, 5.41) is 10.7. The highest BCUT2D eigenvalue weighted by Gasteiger charge is 2.30. The molecule has 0 aromatic heterocycles. The minimum atomic E-state index is -0.0503. The highest BCUT2D eigenvalue weighted by molar-refractivity contribution is 5.53. The van der Waals surface area contributed by atoms with Crippen molar-refractivity contribution >= 4 is 0 Å². The van der Waals surface area contributed by atoms with Crippen LogP contribution in [0.5, 0.6) is 11.5 Å². The SMILES string of the molecule is CC(C)(C)c1cc(C(C)(C)C)c(O)c(C(C)(C)C)c1.COc1c(C(C)(C)C)cc(C(C)(C)C)cc1C(C)(C)C. The van der Waals surface area contributed by atoms with Gasteiger partial charge < -0.3 is 9.84 Å². The highest BCUT2D eigenvalue weighted by Crippen LogP contribution is 2.43. The molecule has 39 heavy (non-hydrogen) atoms. The first-order chi connectivity index (χ1) is 17.0. The smallest absolute Gasteiger partial charge is 0.126 e. The van der Waals surface area contributed by atoms with E-state index in [2.05, 4.69) is 149 Å². The second-order valence-electron chi connectivity index (χ2n) is 17.5. The normalized spacial score (nSPS) is 13.6. The molecule has 0 atom stereocenters. The van der Waals surface area contributed by atoms with Crippen molar-refractivity contribution in [2.45, 2.75) is 157 Å². The third kappa shape index (κ3) is 9.02. The van der Waals surface area contributed by atoms with E-state index in [1.807, 2.05) is 0 Å². The summed E-state index contributed by atoms with van der Waals surface area (Å²) in [6.07, 6.45) is 0. The van der Waals surface area contributed by atoms with Gasteiger partial charge in [-0.15, -0.1) is 0 Å². The quantitative estimate of drug-likeness (QED) is 0.391. The van der Waals surface area contributed by atoms with Gasteiger partial charge in [-0.2, -0.15) is 0 Å². The van der Waals surface area contributed by atoms with Crippen molar-refractivity contribution in [3.8, 4) is 11.5 Å². The van der Waals surface area contributed by atoms with Gasteiger partial charge in [0.2, 0.25) is 0 Å². The Kier molecular flexibility index (Phi) is 10.0. The molecule has 0 saturated heterocycles. The van der Waals surface area contributed by atoms with Crippen LogP contribution in [0.2, 0.25) is 0 Å². The molecule has 0 aliphatic carbocycles. The maximum atomic E-state index is 10.7. The lowest BCUT2D eigenvalue weighted by Crippen LogP contribution is -2.22. The van der Waals surface area contributed by atoms with Gasteiger partial charge in [0.25, 0.3) is 0 Å². The standard InChI is InChI=1S/C19H32O.C18H30O/c1-17(2,3)13-11-14(18(4,5)6)16(20-10)15(12-13)19(7,8)9;1-16(2,3)12-10-13(17(4,5)6)15(19)14(11-12)18(7,8)9/h11-12H,1-10H3;10-11,19H,1-9H3. The Morgan fingerprint density at radius 3 is 0.821 bits per heavy atom. The fourth-order valence-electron chi connectivity index (χ4n) is 4.61. The van der Waals surface area contributed by atoms with E-state index in [0.29, 0.717) is 5.75 Å². The minimum Gasteiger partial charge on any atom is -0.507 e. The average molecular weight is 539 g/mol. The molecule has 222 valence electrons. The highest BCUT2D eigenvalue weighted by atomic mass is 16.5. The third-order valence-corrected chi connectivity index (χ3v) is 7.37. The summed E-state index contributed by atoms with van der Waals surface area (Å²) in [5.74, 6) is 1.52. The minimum absolute atomic E-state index is 0.0503. The van der Waals surface area contributed by atoms with Crippen LogP contribution in [0.1, 0.15) is 158 Å². The van der Waals surface area contributed by atoms with E-state index in [1.54, 1.807) is 7.11 Å². The maximum Gasteiger partial charge on any atom is 0.126 e. The van der Waals surface area contributed by atoms with E-state index in [9.17, 15) is 5.11 Å². The van der Waals surface area contributed by atoms with Crippen LogP contribution in [0.15, 0.2) is 24.3 Å². The zero-order valence-electron chi connectivity index (χ0n) is 29.2. The molecule has 2 heteroatoms. The van der Waals surface area contributed by atoms with Crippen LogP contribution in [0, 0.1) is 0 Å². The van der Waals surface area contributed by atoms with Crippen LogP contribution in [-0.2, 0) is 32.5 Å². The molecule has 0 spiro atoms. The Morgan fingerprint density at radius 2 is 0.641 bits per heavy atom. The molecule has 0 unspecified atom stereocenters. The van der Waals surface area contributed by atoms with Crippen molar-refractivity contribution in [1.82, 2.24) is 0 Å². The molecule has 2 aromatic carbocycles. The van der Waals surface area contributed by atoms with Crippen LogP contribution >= 0.6 is 0 Å². The van der Waals surface area contributed by atoms with Crippen molar-refractivity contribution < 1.29 is 9.84 Å². The Bertz CT molecular complexity index is 1050. The van der Waals surface area contributed by atoms with Gasteiger partial charge in [-0.3, -0.25) is 0 Å². The number of ether oxygens (including phenoxy) is 1. The largest absolute Gasteiger partial charge is 0.507 e. The van der Waals surface area contributed by atoms with E-state index in [0.717, 1.165) is 16.9 Å². The van der Waals surface area contributed by atoms with E-state index in [-0.39, 0.29) is 32.5 Å².